The second kappa shape index (κ2) is 11.0. The number of amides is 1. The van der Waals surface area contributed by atoms with E-state index in [1.165, 1.54) is 5.56 Å². The van der Waals surface area contributed by atoms with Crippen molar-refractivity contribution >= 4 is 28.9 Å². The van der Waals surface area contributed by atoms with Crippen molar-refractivity contribution in [3.63, 3.8) is 0 Å². The molecule has 2 atom stereocenters. The van der Waals surface area contributed by atoms with Crippen LogP contribution in [-0.4, -0.2) is 17.1 Å². The summed E-state index contributed by atoms with van der Waals surface area (Å²) in [4.78, 5) is 12.6. The highest BCUT2D eigenvalue weighted by atomic mass is 32.1. The lowest BCUT2D eigenvalue weighted by molar-refractivity contribution is -0.120. The van der Waals surface area contributed by atoms with Gasteiger partial charge in [0, 0.05) is 11.8 Å². The molecule has 0 aliphatic carbocycles. The predicted molar refractivity (Wildman–Crippen MR) is 125 cm³/mol. The van der Waals surface area contributed by atoms with Crippen LogP contribution in [0.3, 0.4) is 0 Å². The van der Waals surface area contributed by atoms with Crippen LogP contribution in [0.2, 0.25) is 0 Å². The Hall–Kier alpha value is -2.40. The SMILES string of the molecule is CCC(C)Oc1cccc(NC(=S)NC(=O)C(C)c2ccc(CC(C)C)cc2)c1. The third-order valence-electron chi connectivity index (χ3n) is 4.76. The Balaban J connectivity index is 1.93. The number of benzene rings is 2. The topological polar surface area (TPSA) is 50.4 Å². The molecule has 2 N–H and O–H groups in total. The Kier molecular flexibility index (Phi) is 8.65. The van der Waals surface area contributed by atoms with Crippen molar-refractivity contribution in [3.05, 3.63) is 59.7 Å². The molecule has 2 aromatic rings. The Morgan fingerprint density at radius 3 is 2.38 bits per heavy atom. The normalized spacial score (nSPS) is 12.9. The zero-order valence-electron chi connectivity index (χ0n) is 18.0. The number of hydrogen-bond acceptors (Lipinski definition) is 3. The zero-order chi connectivity index (χ0) is 21.4. The van der Waals surface area contributed by atoms with Crippen molar-refractivity contribution in [2.75, 3.05) is 5.32 Å². The van der Waals surface area contributed by atoms with Crippen molar-refractivity contribution in [1.82, 2.24) is 5.32 Å². The number of ether oxygens (including phenoxy) is 1. The van der Waals surface area contributed by atoms with Crippen LogP contribution in [0.5, 0.6) is 5.75 Å². The van der Waals surface area contributed by atoms with Gasteiger partial charge in [-0.1, -0.05) is 51.1 Å². The average molecular weight is 413 g/mol. The highest BCUT2D eigenvalue weighted by Gasteiger charge is 2.16. The standard InChI is InChI=1S/C24H32N2O2S/c1-6-17(4)28-22-9-7-8-21(15-22)25-24(29)26-23(27)18(5)20-12-10-19(11-13-20)14-16(2)3/h7-13,15-18H,6,14H2,1-5H3,(H2,25,26,27,29). The Bertz CT molecular complexity index is 818. The summed E-state index contributed by atoms with van der Waals surface area (Å²) in [6, 6.07) is 15.8. The largest absolute Gasteiger partial charge is 0.491 e. The average Bonchev–Trinajstić information content (AvgIpc) is 2.67. The highest BCUT2D eigenvalue weighted by Crippen LogP contribution is 2.20. The molecular formula is C24H32N2O2S. The number of nitrogens with one attached hydrogen (secondary N) is 2. The minimum absolute atomic E-state index is 0.133. The van der Waals surface area contributed by atoms with E-state index in [4.69, 9.17) is 17.0 Å². The first-order valence-corrected chi connectivity index (χ1v) is 10.7. The van der Waals surface area contributed by atoms with Crippen LogP contribution in [0, 0.1) is 5.92 Å². The lowest BCUT2D eigenvalue weighted by Gasteiger charge is -2.16. The molecule has 2 unspecified atom stereocenters. The lowest BCUT2D eigenvalue weighted by atomic mass is 9.96. The molecule has 5 heteroatoms. The van der Waals surface area contributed by atoms with Crippen LogP contribution in [-0.2, 0) is 11.2 Å². The lowest BCUT2D eigenvalue weighted by Crippen LogP contribution is -2.36. The van der Waals surface area contributed by atoms with Crippen molar-refractivity contribution in [1.29, 1.82) is 0 Å². The fraction of sp³-hybridized carbons (Fsp3) is 0.417. The van der Waals surface area contributed by atoms with Crippen LogP contribution in [0.1, 0.15) is 58.1 Å². The fourth-order valence-corrected chi connectivity index (χ4v) is 3.13. The summed E-state index contributed by atoms with van der Waals surface area (Å²) in [6.45, 7) is 10.4. The number of carbonyl (C=O) groups excluding carboxylic acids is 1. The molecule has 4 nitrogen and oxygen atoms in total. The van der Waals surface area contributed by atoms with Gasteiger partial charge in [0.1, 0.15) is 5.75 Å². The number of anilines is 1. The molecule has 0 saturated carbocycles. The first-order valence-electron chi connectivity index (χ1n) is 10.3. The van der Waals surface area contributed by atoms with E-state index in [9.17, 15) is 4.79 Å². The molecule has 29 heavy (non-hydrogen) atoms. The highest BCUT2D eigenvalue weighted by molar-refractivity contribution is 7.80. The Morgan fingerprint density at radius 2 is 1.76 bits per heavy atom. The smallest absolute Gasteiger partial charge is 0.233 e. The summed E-state index contributed by atoms with van der Waals surface area (Å²) >= 11 is 5.32. The van der Waals surface area contributed by atoms with Crippen molar-refractivity contribution in [2.24, 2.45) is 5.92 Å². The van der Waals surface area contributed by atoms with E-state index in [0.29, 0.717) is 5.92 Å². The predicted octanol–water partition coefficient (Wildman–Crippen LogP) is 5.68. The quantitative estimate of drug-likeness (QED) is 0.548. The van der Waals surface area contributed by atoms with Gasteiger partial charge in [0.15, 0.2) is 5.11 Å². The maximum atomic E-state index is 12.6. The molecule has 1 amide bonds. The van der Waals surface area contributed by atoms with E-state index in [1.54, 1.807) is 0 Å². The summed E-state index contributed by atoms with van der Waals surface area (Å²) in [5, 5.41) is 6.12. The maximum absolute atomic E-state index is 12.6. The molecule has 0 aliphatic rings. The summed E-state index contributed by atoms with van der Waals surface area (Å²) < 4.78 is 5.83. The molecule has 0 heterocycles. The van der Waals surface area contributed by atoms with Gasteiger partial charge in [0.25, 0.3) is 0 Å². The second-order valence-electron chi connectivity index (χ2n) is 7.87. The van der Waals surface area contributed by atoms with Gasteiger partial charge < -0.3 is 15.4 Å². The van der Waals surface area contributed by atoms with Gasteiger partial charge in [0.05, 0.1) is 12.0 Å². The number of hydrogen-bond donors (Lipinski definition) is 2. The first-order chi connectivity index (χ1) is 13.8. The van der Waals surface area contributed by atoms with Crippen molar-refractivity contribution in [2.45, 2.75) is 59.5 Å². The van der Waals surface area contributed by atoms with Crippen LogP contribution in [0.25, 0.3) is 0 Å². The summed E-state index contributed by atoms with van der Waals surface area (Å²) in [7, 11) is 0. The number of rotatable bonds is 8. The molecule has 0 fully saturated rings. The van der Waals surface area contributed by atoms with E-state index >= 15 is 0 Å². The third kappa shape index (κ3) is 7.50. The molecule has 2 aromatic carbocycles. The van der Waals surface area contributed by atoms with Crippen LogP contribution in [0.4, 0.5) is 5.69 Å². The maximum Gasteiger partial charge on any atom is 0.233 e. The van der Waals surface area contributed by atoms with E-state index in [-0.39, 0.29) is 23.0 Å². The monoisotopic (exact) mass is 412 g/mol. The zero-order valence-corrected chi connectivity index (χ0v) is 18.8. The van der Waals surface area contributed by atoms with E-state index < -0.39 is 0 Å². The minimum atomic E-state index is -0.289. The van der Waals surface area contributed by atoms with Gasteiger partial charge in [-0.2, -0.15) is 0 Å². The van der Waals surface area contributed by atoms with Gasteiger partial charge in [0.2, 0.25) is 5.91 Å². The molecule has 0 saturated heterocycles. The van der Waals surface area contributed by atoms with E-state index in [2.05, 4.69) is 43.5 Å². The molecule has 2 rings (SSSR count). The van der Waals surface area contributed by atoms with Crippen LogP contribution >= 0.6 is 12.2 Å². The van der Waals surface area contributed by atoms with E-state index in [1.807, 2.05) is 50.2 Å². The molecule has 0 spiro atoms. The first kappa shape index (κ1) is 22.9. The van der Waals surface area contributed by atoms with Crippen LogP contribution < -0.4 is 15.4 Å². The molecular weight excluding hydrogens is 380 g/mol. The second-order valence-corrected chi connectivity index (χ2v) is 8.28. The summed E-state index contributed by atoms with van der Waals surface area (Å²) in [5.41, 5.74) is 3.04. The third-order valence-corrected chi connectivity index (χ3v) is 4.96. The van der Waals surface area contributed by atoms with Gasteiger partial charge in [-0.3, -0.25) is 4.79 Å². The van der Waals surface area contributed by atoms with Crippen molar-refractivity contribution in [3.8, 4) is 5.75 Å². The molecule has 0 aromatic heterocycles. The molecule has 156 valence electrons. The minimum Gasteiger partial charge on any atom is -0.491 e. The molecule has 0 radical (unpaired) electrons. The van der Waals surface area contributed by atoms with Gasteiger partial charge in [-0.25, -0.2) is 0 Å². The fourth-order valence-electron chi connectivity index (χ4n) is 2.91. The Morgan fingerprint density at radius 1 is 1.07 bits per heavy atom. The molecule has 0 aliphatic heterocycles. The summed E-state index contributed by atoms with van der Waals surface area (Å²) in [5.74, 6) is 0.960. The van der Waals surface area contributed by atoms with Gasteiger partial charge in [-0.15, -0.1) is 0 Å². The molecule has 0 bridgehead atoms. The van der Waals surface area contributed by atoms with Crippen LogP contribution in [0.15, 0.2) is 48.5 Å². The number of carbonyl (C=O) groups is 1. The van der Waals surface area contributed by atoms with Crippen molar-refractivity contribution < 1.29 is 9.53 Å². The van der Waals surface area contributed by atoms with Gasteiger partial charge in [-0.05, 0) is 68.1 Å². The number of thiocarbonyl (C=S) groups is 1. The van der Waals surface area contributed by atoms with Gasteiger partial charge >= 0.3 is 0 Å². The van der Waals surface area contributed by atoms with E-state index in [0.717, 1.165) is 29.8 Å². The summed E-state index contributed by atoms with van der Waals surface area (Å²) in [6.07, 6.45) is 2.11. The Labute approximate surface area is 180 Å².